The molecule has 16 heavy (non-hydrogen) atoms. The molecule has 0 saturated carbocycles. The molecule has 5 nitrogen and oxygen atoms in total. The third-order valence-corrected chi connectivity index (χ3v) is 2.22. The third-order valence-electron chi connectivity index (χ3n) is 2.22. The van der Waals surface area contributed by atoms with E-state index in [0.29, 0.717) is 13.2 Å². The summed E-state index contributed by atoms with van der Waals surface area (Å²) in [6.07, 6.45) is 0.922. The monoisotopic (exact) mass is 230 g/mol. The van der Waals surface area contributed by atoms with Crippen LogP contribution in [0.25, 0.3) is 0 Å². The minimum absolute atomic E-state index is 0.222. The van der Waals surface area contributed by atoms with E-state index in [1.807, 2.05) is 11.8 Å². The fourth-order valence-electron chi connectivity index (χ4n) is 1.42. The molecule has 94 valence electrons. The van der Waals surface area contributed by atoms with Crippen LogP contribution in [-0.4, -0.2) is 43.0 Å². The second kappa shape index (κ2) is 8.10. The van der Waals surface area contributed by atoms with Gasteiger partial charge in [0.15, 0.2) is 0 Å². The molecular weight excluding hydrogens is 208 g/mol. The van der Waals surface area contributed by atoms with E-state index in [2.05, 4.69) is 0 Å². The van der Waals surface area contributed by atoms with Gasteiger partial charge in [0, 0.05) is 12.5 Å². The van der Waals surface area contributed by atoms with Gasteiger partial charge in [0.05, 0.1) is 13.2 Å². The van der Waals surface area contributed by atoms with Gasteiger partial charge in [-0.2, -0.15) is 0 Å². The van der Waals surface area contributed by atoms with Crippen molar-refractivity contribution in [2.24, 2.45) is 11.7 Å². The lowest BCUT2D eigenvalue weighted by Crippen LogP contribution is -2.38. The van der Waals surface area contributed by atoms with Crippen LogP contribution in [0.1, 0.15) is 27.2 Å². The minimum Gasteiger partial charge on any atom is -0.465 e. The number of nitrogens with two attached hydrogens (primary N) is 1. The zero-order valence-electron chi connectivity index (χ0n) is 10.4. The zero-order valence-corrected chi connectivity index (χ0v) is 10.4. The molecular formula is C11H22N2O3. The Morgan fingerprint density at radius 2 is 2.00 bits per heavy atom. The van der Waals surface area contributed by atoms with Crippen LogP contribution in [0.2, 0.25) is 0 Å². The van der Waals surface area contributed by atoms with Crippen LogP contribution in [0, 0.1) is 5.92 Å². The number of hydrogen-bond donors (Lipinski definition) is 1. The first kappa shape index (κ1) is 14.9. The largest absolute Gasteiger partial charge is 0.465 e. The number of primary amides is 1. The second-order valence-corrected chi connectivity index (χ2v) is 3.84. The summed E-state index contributed by atoms with van der Waals surface area (Å²) in [5, 5.41) is 0. The molecule has 0 bridgehead atoms. The van der Waals surface area contributed by atoms with Gasteiger partial charge in [0.2, 0.25) is 5.91 Å². The summed E-state index contributed by atoms with van der Waals surface area (Å²) < 4.78 is 4.86. The van der Waals surface area contributed by atoms with Crippen molar-refractivity contribution < 1.29 is 14.3 Å². The van der Waals surface area contributed by atoms with Crippen LogP contribution in [0.15, 0.2) is 0 Å². The summed E-state index contributed by atoms with van der Waals surface area (Å²) in [6.45, 7) is 7.42. The lowest BCUT2D eigenvalue weighted by molar-refractivity contribution is -0.145. The maximum Gasteiger partial charge on any atom is 0.320 e. The molecule has 0 aliphatic heterocycles. The van der Waals surface area contributed by atoms with Crippen molar-refractivity contribution in [2.45, 2.75) is 27.2 Å². The molecule has 0 heterocycles. The highest BCUT2D eigenvalue weighted by Crippen LogP contribution is 2.01. The Hall–Kier alpha value is -1.10. The Kier molecular flexibility index (Phi) is 7.54. The van der Waals surface area contributed by atoms with E-state index in [-0.39, 0.29) is 24.3 Å². The van der Waals surface area contributed by atoms with Crippen LogP contribution >= 0.6 is 0 Å². The van der Waals surface area contributed by atoms with E-state index in [4.69, 9.17) is 10.5 Å². The van der Waals surface area contributed by atoms with Crippen LogP contribution < -0.4 is 5.73 Å². The quantitative estimate of drug-likeness (QED) is 0.612. The standard InChI is InChI=1S/C11H22N2O3/c1-4-6-13(7-9(3)11(12)15)8-10(14)16-5-2/h9H,4-8H2,1-3H3,(H2,12,15). The van der Waals surface area contributed by atoms with E-state index < -0.39 is 0 Å². The average Bonchev–Trinajstić information content (AvgIpc) is 2.17. The smallest absolute Gasteiger partial charge is 0.320 e. The predicted octanol–water partition coefficient (Wildman–Crippen LogP) is 0.383. The molecule has 0 aromatic rings. The zero-order chi connectivity index (χ0) is 12.6. The molecule has 1 amide bonds. The van der Waals surface area contributed by atoms with Crippen LogP contribution in [0.4, 0.5) is 0 Å². The van der Waals surface area contributed by atoms with Crippen molar-refractivity contribution in [3.05, 3.63) is 0 Å². The van der Waals surface area contributed by atoms with Gasteiger partial charge in [-0.15, -0.1) is 0 Å². The number of ether oxygens (including phenoxy) is 1. The SMILES string of the molecule is CCCN(CC(=O)OCC)CC(C)C(N)=O. The Morgan fingerprint density at radius 3 is 2.44 bits per heavy atom. The highest BCUT2D eigenvalue weighted by molar-refractivity contribution is 5.76. The molecule has 1 unspecified atom stereocenters. The lowest BCUT2D eigenvalue weighted by atomic mass is 10.1. The van der Waals surface area contributed by atoms with Gasteiger partial charge in [0.25, 0.3) is 0 Å². The Morgan fingerprint density at radius 1 is 1.38 bits per heavy atom. The number of amides is 1. The predicted molar refractivity (Wildman–Crippen MR) is 61.7 cm³/mol. The van der Waals surface area contributed by atoms with Gasteiger partial charge in [-0.1, -0.05) is 13.8 Å². The van der Waals surface area contributed by atoms with Crippen molar-refractivity contribution >= 4 is 11.9 Å². The van der Waals surface area contributed by atoms with E-state index >= 15 is 0 Å². The van der Waals surface area contributed by atoms with Crippen molar-refractivity contribution in [3.63, 3.8) is 0 Å². The molecule has 2 N–H and O–H groups in total. The van der Waals surface area contributed by atoms with Gasteiger partial charge in [-0.3, -0.25) is 14.5 Å². The van der Waals surface area contributed by atoms with E-state index in [1.165, 1.54) is 0 Å². The molecule has 1 atom stereocenters. The maximum absolute atomic E-state index is 11.3. The topological polar surface area (TPSA) is 72.6 Å². The molecule has 0 aliphatic rings. The van der Waals surface area contributed by atoms with Gasteiger partial charge >= 0.3 is 5.97 Å². The van der Waals surface area contributed by atoms with Crippen molar-refractivity contribution in [1.82, 2.24) is 4.90 Å². The fraction of sp³-hybridized carbons (Fsp3) is 0.818. The minimum atomic E-state index is -0.343. The van der Waals surface area contributed by atoms with Crippen LogP contribution in [0.5, 0.6) is 0 Å². The molecule has 0 spiro atoms. The average molecular weight is 230 g/mol. The first-order valence-corrected chi connectivity index (χ1v) is 5.68. The summed E-state index contributed by atoms with van der Waals surface area (Å²) in [4.78, 5) is 24.1. The Balaban J connectivity index is 4.15. The lowest BCUT2D eigenvalue weighted by Gasteiger charge is -2.22. The fourth-order valence-corrected chi connectivity index (χ4v) is 1.42. The van der Waals surface area contributed by atoms with E-state index in [1.54, 1.807) is 13.8 Å². The van der Waals surface area contributed by atoms with Crippen LogP contribution in [-0.2, 0) is 14.3 Å². The number of nitrogens with zero attached hydrogens (tertiary/aromatic N) is 1. The first-order chi connectivity index (χ1) is 7.51. The van der Waals surface area contributed by atoms with Crippen molar-refractivity contribution in [3.8, 4) is 0 Å². The Bertz CT molecular complexity index is 231. The second-order valence-electron chi connectivity index (χ2n) is 3.84. The van der Waals surface area contributed by atoms with E-state index in [9.17, 15) is 9.59 Å². The molecule has 0 radical (unpaired) electrons. The normalized spacial score (nSPS) is 12.5. The summed E-state index contributed by atoms with van der Waals surface area (Å²) in [6, 6.07) is 0. The molecule has 0 aliphatic carbocycles. The Labute approximate surface area is 96.9 Å². The molecule has 5 heteroatoms. The molecule has 0 fully saturated rings. The maximum atomic E-state index is 11.3. The summed E-state index contributed by atoms with van der Waals surface area (Å²) in [5.74, 6) is -0.849. The molecule has 0 aromatic carbocycles. The number of rotatable bonds is 8. The van der Waals surface area contributed by atoms with Gasteiger partial charge in [0.1, 0.15) is 0 Å². The number of esters is 1. The van der Waals surface area contributed by atoms with Crippen molar-refractivity contribution in [1.29, 1.82) is 0 Å². The summed E-state index contributed by atoms with van der Waals surface area (Å²) >= 11 is 0. The summed E-state index contributed by atoms with van der Waals surface area (Å²) in [7, 11) is 0. The highest BCUT2D eigenvalue weighted by atomic mass is 16.5. The van der Waals surface area contributed by atoms with Gasteiger partial charge in [-0.05, 0) is 19.9 Å². The molecule has 0 saturated heterocycles. The number of hydrogen-bond acceptors (Lipinski definition) is 4. The third kappa shape index (κ3) is 6.40. The number of carbonyl (C=O) groups is 2. The molecule has 0 rings (SSSR count). The van der Waals surface area contributed by atoms with Crippen LogP contribution in [0.3, 0.4) is 0 Å². The van der Waals surface area contributed by atoms with Gasteiger partial charge in [-0.25, -0.2) is 0 Å². The van der Waals surface area contributed by atoms with Crippen molar-refractivity contribution in [2.75, 3.05) is 26.2 Å². The van der Waals surface area contributed by atoms with Gasteiger partial charge < -0.3 is 10.5 Å². The summed E-state index contributed by atoms with van der Waals surface area (Å²) in [5.41, 5.74) is 5.19. The molecule has 0 aromatic heterocycles. The number of carbonyl (C=O) groups excluding carboxylic acids is 2. The van der Waals surface area contributed by atoms with E-state index in [0.717, 1.165) is 13.0 Å². The first-order valence-electron chi connectivity index (χ1n) is 5.68. The highest BCUT2D eigenvalue weighted by Gasteiger charge is 2.16.